The van der Waals surface area contributed by atoms with E-state index in [1.807, 2.05) is 37.3 Å². The molecule has 0 aromatic heterocycles. The van der Waals surface area contributed by atoms with Crippen molar-refractivity contribution in [2.75, 3.05) is 19.8 Å². The topological polar surface area (TPSA) is 36.9 Å². The largest absolute Gasteiger partial charge is 0.491 e. The highest BCUT2D eigenvalue weighted by molar-refractivity contribution is 5.20. The maximum absolute atomic E-state index is 5.56. The van der Waals surface area contributed by atoms with Crippen LogP contribution in [0.2, 0.25) is 0 Å². The molecule has 0 N–H and O–H groups in total. The molecular weight excluding hydrogens is 208 g/mol. The van der Waals surface area contributed by atoms with Gasteiger partial charge in [0.05, 0.1) is 6.61 Å². The molecule has 4 nitrogen and oxygen atoms in total. The third kappa shape index (κ3) is 3.20. The molecule has 2 atom stereocenters. The van der Waals surface area contributed by atoms with Crippen LogP contribution in [-0.4, -0.2) is 32.4 Å². The summed E-state index contributed by atoms with van der Waals surface area (Å²) in [5.74, 6) is 0.839. The minimum atomic E-state index is -0.533. The van der Waals surface area contributed by atoms with Gasteiger partial charge in [-0.1, -0.05) is 18.2 Å². The van der Waals surface area contributed by atoms with Crippen molar-refractivity contribution >= 4 is 0 Å². The lowest BCUT2D eigenvalue weighted by Crippen LogP contribution is -2.21. The van der Waals surface area contributed by atoms with Gasteiger partial charge < -0.3 is 18.9 Å². The van der Waals surface area contributed by atoms with Crippen LogP contribution < -0.4 is 4.74 Å². The maximum atomic E-state index is 5.56. The molecule has 1 aromatic rings. The molecule has 1 fully saturated rings. The monoisotopic (exact) mass is 224 g/mol. The first-order chi connectivity index (χ1) is 7.88. The molecule has 88 valence electrons. The molecule has 16 heavy (non-hydrogen) atoms. The minimum absolute atomic E-state index is 0.0586. The fourth-order valence-corrected chi connectivity index (χ4v) is 1.44. The van der Waals surface area contributed by atoms with E-state index in [0.717, 1.165) is 5.75 Å². The quantitative estimate of drug-likeness (QED) is 0.764. The summed E-state index contributed by atoms with van der Waals surface area (Å²) >= 11 is 0. The highest BCUT2D eigenvalue weighted by Gasteiger charge is 2.26. The molecule has 1 aromatic carbocycles. The lowest BCUT2D eigenvalue weighted by Gasteiger charge is -2.11. The van der Waals surface area contributed by atoms with Gasteiger partial charge in [0.15, 0.2) is 0 Å². The number of rotatable bonds is 5. The predicted octanol–water partition coefficient (Wildman–Crippen LogP) is 1.80. The highest BCUT2D eigenvalue weighted by Crippen LogP contribution is 2.15. The van der Waals surface area contributed by atoms with E-state index in [4.69, 9.17) is 18.9 Å². The van der Waals surface area contributed by atoms with Crippen LogP contribution in [0.15, 0.2) is 30.3 Å². The van der Waals surface area contributed by atoms with Crippen molar-refractivity contribution in [2.24, 2.45) is 0 Å². The molecule has 0 radical (unpaired) electrons. The summed E-state index contributed by atoms with van der Waals surface area (Å²) in [6.45, 7) is 2.94. The van der Waals surface area contributed by atoms with Crippen molar-refractivity contribution < 1.29 is 18.9 Å². The molecule has 1 saturated heterocycles. The van der Waals surface area contributed by atoms with Crippen molar-refractivity contribution in [3.05, 3.63) is 30.3 Å². The molecule has 0 saturated carbocycles. The summed E-state index contributed by atoms with van der Waals surface area (Å²) in [6, 6.07) is 9.65. The summed E-state index contributed by atoms with van der Waals surface area (Å²) in [7, 11) is 0. The molecule has 2 unspecified atom stereocenters. The standard InChI is InChI=1S/C12H16O4/c1-2-13-12-15-9-11(16-12)8-14-10-6-4-3-5-7-10/h3-7,11-12H,2,8-9H2,1H3. The Kier molecular flexibility index (Phi) is 4.16. The van der Waals surface area contributed by atoms with Crippen molar-refractivity contribution in [3.63, 3.8) is 0 Å². The smallest absolute Gasteiger partial charge is 0.272 e. The lowest BCUT2D eigenvalue weighted by molar-refractivity contribution is -0.236. The van der Waals surface area contributed by atoms with Gasteiger partial charge in [-0.25, -0.2) is 0 Å². The van der Waals surface area contributed by atoms with Crippen LogP contribution in [0.3, 0.4) is 0 Å². The van der Waals surface area contributed by atoms with Gasteiger partial charge in [0, 0.05) is 6.61 Å². The number of hydrogen-bond donors (Lipinski definition) is 0. The molecule has 0 aliphatic carbocycles. The SMILES string of the molecule is CCOC1OCC(COc2ccccc2)O1. The molecule has 2 rings (SSSR count). The number of para-hydroxylation sites is 1. The Hall–Kier alpha value is -1.10. The molecular formula is C12H16O4. The zero-order chi connectivity index (χ0) is 11.2. The zero-order valence-electron chi connectivity index (χ0n) is 9.30. The van der Waals surface area contributed by atoms with E-state index >= 15 is 0 Å². The first kappa shape index (κ1) is 11.4. The average molecular weight is 224 g/mol. The minimum Gasteiger partial charge on any atom is -0.491 e. The van der Waals surface area contributed by atoms with E-state index in [0.29, 0.717) is 19.8 Å². The van der Waals surface area contributed by atoms with Crippen molar-refractivity contribution in [1.29, 1.82) is 0 Å². The third-order valence-electron chi connectivity index (χ3n) is 2.20. The van der Waals surface area contributed by atoms with E-state index in [9.17, 15) is 0 Å². The van der Waals surface area contributed by atoms with Crippen LogP contribution >= 0.6 is 0 Å². The van der Waals surface area contributed by atoms with Gasteiger partial charge in [0.1, 0.15) is 18.5 Å². The van der Waals surface area contributed by atoms with Crippen LogP contribution in [0.1, 0.15) is 6.92 Å². The molecule has 1 aliphatic heterocycles. The Morgan fingerprint density at radius 2 is 2.12 bits per heavy atom. The zero-order valence-corrected chi connectivity index (χ0v) is 9.30. The summed E-state index contributed by atoms with van der Waals surface area (Å²) in [5, 5.41) is 0. The van der Waals surface area contributed by atoms with E-state index in [1.165, 1.54) is 0 Å². The fourth-order valence-electron chi connectivity index (χ4n) is 1.44. The Morgan fingerprint density at radius 3 is 2.88 bits per heavy atom. The predicted molar refractivity (Wildman–Crippen MR) is 58.2 cm³/mol. The summed E-state index contributed by atoms with van der Waals surface area (Å²) in [4.78, 5) is 0. The highest BCUT2D eigenvalue weighted by atomic mass is 16.9. The van der Waals surface area contributed by atoms with Gasteiger partial charge in [-0.05, 0) is 19.1 Å². The third-order valence-corrected chi connectivity index (χ3v) is 2.20. The van der Waals surface area contributed by atoms with Gasteiger partial charge in [-0.15, -0.1) is 0 Å². The molecule has 1 aliphatic rings. The first-order valence-corrected chi connectivity index (χ1v) is 5.45. The maximum Gasteiger partial charge on any atom is 0.272 e. The van der Waals surface area contributed by atoms with E-state index < -0.39 is 6.48 Å². The van der Waals surface area contributed by atoms with E-state index in [1.54, 1.807) is 0 Å². The van der Waals surface area contributed by atoms with Crippen LogP contribution in [-0.2, 0) is 14.2 Å². The van der Waals surface area contributed by atoms with E-state index in [2.05, 4.69) is 0 Å². The van der Waals surface area contributed by atoms with Crippen molar-refractivity contribution in [2.45, 2.75) is 19.5 Å². The Labute approximate surface area is 95.1 Å². The number of benzene rings is 1. The van der Waals surface area contributed by atoms with Gasteiger partial charge in [-0.2, -0.15) is 0 Å². The molecule has 1 heterocycles. The molecule has 0 spiro atoms. The second-order valence-corrected chi connectivity index (χ2v) is 3.46. The molecule has 0 bridgehead atoms. The average Bonchev–Trinajstić information content (AvgIpc) is 2.76. The number of ether oxygens (including phenoxy) is 4. The normalized spacial score (nSPS) is 24.6. The van der Waals surface area contributed by atoms with Gasteiger partial charge in [0.2, 0.25) is 0 Å². The fraction of sp³-hybridized carbons (Fsp3) is 0.500. The van der Waals surface area contributed by atoms with Crippen LogP contribution in [0.5, 0.6) is 5.75 Å². The number of hydrogen-bond acceptors (Lipinski definition) is 4. The second kappa shape index (κ2) is 5.84. The van der Waals surface area contributed by atoms with Gasteiger partial charge >= 0.3 is 0 Å². The van der Waals surface area contributed by atoms with Crippen LogP contribution in [0, 0.1) is 0 Å². The first-order valence-electron chi connectivity index (χ1n) is 5.45. The lowest BCUT2D eigenvalue weighted by atomic mass is 10.3. The summed E-state index contributed by atoms with van der Waals surface area (Å²) < 4.78 is 21.5. The summed E-state index contributed by atoms with van der Waals surface area (Å²) in [5.41, 5.74) is 0. The van der Waals surface area contributed by atoms with Crippen LogP contribution in [0.4, 0.5) is 0 Å². The Balaban J connectivity index is 1.72. The Bertz CT molecular complexity index is 301. The second-order valence-electron chi connectivity index (χ2n) is 3.46. The van der Waals surface area contributed by atoms with Crippen molar-refractivity contribution in [3.8, 4) is 5.75 Å². The molecule has 4 heteroatoms. The Morgan fingerprint density at radius 1 is 1.31 bits per heavy atom. The van der Waals surface area contributed by atoms with Gasteiger partial charge in [0.25, 0.3) is 6.48 Å². The van der Waals surface area contributed by atoms with Crippen LogP contribution in [0.25, 0.3) is 0 Å². The van der Waals surface area contributed by atoms with Crippen molar-refractivity contribution in [1.82, 2.24) is 0 Å². The molecule has 0 amide bonds. The van der Waals surface area contributed by atoms with Gasteiger partial charge in [-0.3, -0.25) is 0 Å². The van der Waals surface area contributed by atoms with E-state index in [-0.39, 0.29) is 6.10 Å². The summed E-state index contributed by atoms with van der Waals surface area (Å²) in [6.07, 6.45) is -0.0586.